The van der Waals surface area contributed by atoms with Crippen molar-refractivity contribution in [3.05, 3.63) is 95.4 Å². The molecule has 0 N–H and O–H groups in total. The molecular formula is C33H46N2. The average molecular weight is 471 g/mol. The van der Waals surface area contributed by atoms with Crippen LogP contribution in [0.15, 0.2) is 62.0 Å². The van der Waals surface area contributed by atoms with E-state index in [1.807, 2.05) is 12.2 Å². The summed E-state index contributed by atoms with van der Waals surface area (Å²) in [5.74, 6) is 1.80. The summed E-state index contributed by atoms with van der Waals surface area (Å²) in [6.45, 7) is 27.3. The van der Waals surface area contributed by atoms with Crippen molar-refractivity contribution in [3.8, 4) is 0 Å². The molecular weight excluding hydrogens is 424 g/mol. The van der Waals surface area contributed by atoms with Crippen LogP contribution in [-0.2, 0) is 12.8 Å². The Morgan fingerprint density at radius 1 is 0.600 bits per heavy atom. The van der Waals surface area contributed by atoms with Gasteiger partial charge in [-0.05, 0) is 69.9 Å². The molecule has 0 amide bonds. The Morgan fingerprint density at radius 3 is 1.11 bits per heavy atom. The quantitative estimate of drug-likeness (QED) is 0.319. The normalized spacial score (nSPS) is 13.7. The standard InChI is InChI=1S/C33H46N2/c1-11-13-26-17-28(22(3)4)32(29(18-26)23(5)6)34-15-16-35(21-34)33-30(24(7)8)19-27(14-12-2)20-31(33)25(9)10/h11-12,15-20,22-25H,1-2,13-14,21H2,3-10H3. The third-order valence-corrected chi connectivity index (χ3v) is 7.01. The number of nitrogens with zero attached hydrogens (tertiary/aromatic N) is 2. The summed E-state index contributed by atoms with van der Waals surface area (Å²) < 4.78 is 0. The smallest absolute Gasteiger partial charge is 0.0989 e. The predicted octanol–water partition coefficient (Wildman–Crippen LogP) is 9.39. The molecule has 2 heteroatoms. The van der Waals surface area contributed by atoms with Crippen LogP contribution >= 0.6 is 0 Å². The molecule has 0 unspecified atom stereocenters. The third-order valence-electron chi connectivity index (χ3n) is 7.01. The van der Waals surface area contributed by atoms with Crippen LogP contribution in [0.3, 0.4) is 0 Å². The summed E-state index contributed by atoms with van der Waals surface area (Å²) in [6, 6.07) is 9.58. The minimum absolute atomic E-state index is 0.449. The maximum atomic E-state index is 3.98. The highest BCUT2D eigenvalue weighted by atomic mass is 15.3. The van der Waals surface area contributed by atoms with E-state index in [2.05, 4.69) is 115 Å². The van der Waals surface area contributed by atoms with Crippen LogP contribution in [0.2, 0.25) is 0 Å². The SMILES string of the molecule is C=CCc1cc(C(C)C)c(N2C=CN(c3c(C(C)C)cc(CC=C)cc3C(C)C)C2)c(C(C)C)c1. The fourth-order valence-corrected chi connectivity index (χ4v) is 5.19. The molecule has 0 radical (unpaired) electrons. The topological polar surface area (TPSA) is 6.48 Å². The molecule has 0 aromatic heterocycles. The van der Waals surface area contributed by atoms with Crippen LogP contribution in [0.25, 0.3) is 0 Å². The van der Waals surface area contributed by atoms with Gasteiger partial charge < -0.3 is 9.80 Å². The van der Waals surface area contributed by atoms with E-state index in [-0.39, 0.29) is 0 Å². The molecule has 0 saturated heterocycles. The number of rotatable bonds is 10. The summed E-state index contributed by atoms with van der Waals surface area (Å²) in [4.78, 5) is 4.93. The number of benzene rings is 2. The third kappa shape index (κ3) is 5.74. The van der Waals surface area contributed by atoms with E-state index in [1.165, 1.54) is 44.8 Å². The molecule has 2 nitrogen and oxygen atoms in total. The first-order valence-electron chi connectivity index (χ1n) is 13.4. The minimum Gasteiger partial charge on any atom is -0.327 e. The van der Waals surface area contributed by atoms with Gasteiger partial charge in [0.1, 0.15) is 0 Å². The van der Waals surface area contributed by atoms with Gasteiger partial charge in [-0.3, -0.25) is 0 Å². The van der Waals surface area contributed by atoms with Gasteiger partial charge in [-0.15, -0.1) is 13.2 Å². The van der Waals surface area contributed by atoms with E-state index in [0.717, 1.165) is 19.5 Å². The molecule has 0 aliphatic carbocycles. The van der Waals surface area contributed by atoms with Gasteiger partial charge in [0, 0.05) is 23.8 Å². The molecule has 1 aliphatic heterocycles. The molecule has 3 rings (SSSR count). The van der Waals surface area contributed by atoms with Gasteiger partial charge in [0.2, 0.25) is 0 Å². The molecule has 0 fully saturated rings. The van der Waals surface area contributed by atoms with Crippen LogP contribution in [0.5, 0.6) is 0 Å². The molecule has 35 heavy (non-hydrogen) atoms. The number of hydrogen-bond acceptors (Lipinski definition) is 2. The van der Waals surface area contributed by atoms with Crippen LogP contribution in [0.4, 0.5) is 11.4 Å². The van der Waals surface area contributed by atoms with E-state index in [1.54, 1.807) is 0 Å². The van der Waals surface area contributed by atoms with Crippen molar-refractivity contribution in [3.63, 3.8) is 0 Å². The second kappa shape index (κ2) is 11.3. The lowest BCUT2D eigenvalue weighted by Crippen LogP contribution is -2.28. The summed E-state index contributed by atoms with van der Waals surface area (Å²) in [5.41, 5.74) is 11.2. The van der Waals surface area contributed by atoms with Gasteiger partial charge in [-0.25, -0.2) is 0 Å². The molecule has 1 aliphatic rings. The van der Waals surface area contributed by atoms with Crippen LogP contribution < -0.4 is 9.80 Å². The summed E-state index contributed by atoms with van der Waals surface area (Å²) >= 11 is 0. The molecule has 0 saturated carbocycles. The second-order valence-electron chi connectivity index (χ2n) is 11.2. The van der Waals surface area contributed by atoms with E-state index in [0.29, 0.717) is 23.7 Å². The predicted molar refractivity (Wildman–Crippen MR) is 156 cm³/mol. The van der Waals surface area contributed by atoms with Crippen molar-refractivity contribution in [2.24, 2.45) is 0 Å². The number of allylic oxidation sites excluding steroid dienone is 2. The van der Waals surface area contributed by atoms with Crippen molar-refractivity contribution in [1.29, 1.82) is 0 Å². The lowest BCUT2D eigenvalue weighted by atomic mass is 9.88. The van der Waals surface area contributed by atoms with E-state index in [4.69, 9.17) is 0 Å². The fourth-order valence-electron chi connectivity index (χ4n) is 5.19. The molecule has 0 atom stereocenters. The average Bonchev–Trinajstić information content (AvgIpc) is 3.27. The zero-order valence-corrected chi connectivity index (χ0v) is 23.4. The molecule has 0 spiro atoms. The summed E-state index contributed by atoms with van der Waals surface area (Å²) in [5, 5.41) is 0. The molecule has 1 heterocycles. The highest BCUT2D eigenvalue weighted by Gasteiger charge is 2.27. The summed E-state index contributed by atoms with van der Waals surface area (Å²) in [7, 11) is 0. The van der Waals surface area contributed by atoms with Gasteiger partial charge in [0.05, 0.1) is 6.67 Å². The number of hydrogen-bond donors (Lipinski definition) is 0. The zero-order chi connectivity index (χ0) is 25.9. The molecule has 2 aromatic rings. The van der Waals surface area contributed by atoms with Gasteiger partial charge in [0.25, 0.3) is 0 Å². The molecule has 188 valence electrons. The van der Waals surface area contributed by atoms with Crippen molar-refractivity contribution < 1.29 is 0 Å². The summed E-state index contributed by atoms with van der Waals surface area (Å²) in [6.07, 6.45) is 10.4. The Balaban J connectivity index is 2.11. The van der Waals surface area contributed by atoms with Gasteiger partial charge >= 0.3 is 0 Å². The van der Waals surface area contributed by atoms with E-state index in [9.17, 15) is 0 Å². The Hall–Kier alpha value is -2.74. The van der Waals surface area contributed by atoms with Gasteiger partial charge in [-0.2, -0.15) is 0 Å². The van der Waals surface area contributed by atoms with Gasteiger partial charge in [0.15, 0.2) is 0 Å². The first kappa shape index (κ1) is 26.9. The Labute approximate surface area is 215 Å². The monoisotopic (exact) mass is 470 g/mol. The van der Waals surface area contributed by atoms with Gasteiger partial charge in [-0.1, -0.05) is 91.8 Å². The fraction of sp³-hybridized carbons (Fsp3) is 0.455. The lowest BCUT2D eigenvalue weighted by molar-refractivity contribution is 0.799. The second-order valence-corrected chi connectivity index (χ2v) is 11.2. The van der Waals surface area contributed by atoms with Crippen LogP contribution in [-0.4, -0.2) is 6.67 Å². The Morgan fingerprint density at radius 2 is 0.886 bits per heavy atom. The highest BCUT2D eigenvalue weighted by Crippen LogP contribution is 2.42. The zero-order valence-electron chi connectivity index (χ0n) is 23.4. The van der Waals surface area contributed by atoms with Crippen molar-refractivity contribution in [2.45, 2.75) is 91.9 Å². The van der Waals surface area contributed by atoms with E-state index >= 15 is 0 Å². The first-order chi connectivity index (χ1) is 16.6. The number of anilines is 2. The van der Waals surface area contributed by atoms with E-state index < -0.39 is 0 Å². The lowest BCUT2D eigenvalue weighted by Gasteiger charge is -2.32. The van der Waals surface area contributed by atoms with Crippen molar-refractivity contribution in [1.82, 2.24) is 0 Å². The molecule has 2 aromatic carbocycles. The highest BCUT2D eigenvalue weighted by molar-refractivity contribution is 5.71. The minimum atomic E-state index is 0.449. The molecule has 0 bridgehead atoms. The Kier molecular flexibility index (Phi) is 8.70. The van der Waals surface area contributed by atoms with Crippen molar-refractivity contribution >= 4 is 11.4 Å². The first-order valence-corrected chi connectivity index (χ1v) is 13.4. The largest absolute Gasteiger partial charge is 0.327 e. The van der Waals surface area contributed by atoms with Crippen molar-refractivity contribution in [2.75, 3.05) is 16.5 Å². The maximum Gasteiger partial charge on any atom is 0.0989 e. The Bertz CT molecular complexity index is 941. The van der Waals surface area contributed by atoms with Crippen LogP contribution in [0.1, 0.15) is 112 Å². The maximum absolute atomic E-state index is 3.98. The van der Waals surface area contributed by atoms with Crippen LogP contribution in [0, 0.1) is 0 Å².